The molecule has 30 heavy (non-hydrogen) atoms. The topological polar surface area (TPSA) is 87.5 Å². The van der Waals surface area contributed by atoms with E-state index < -0.39 is 12.3 Å². The number of aromatic nitrogens is 7. The molecule has 0 atom stereocenters. The zero-order chi connectivity index (χ0) is 20.7. The van der Waals surface area contributed by atoms with E-state index in [9.17, 15) is 8.78 Å². The Morgan fingerprint density at radius 2 is 1.90 bits per heavy atom. The lowest BCUT2D eigenvalue weighted by molar-refractivity contribution is 0.116. The van der Waals surface area contributed by atoms with Crippen molar-refractivity contribution in [1.82, 2.24) is 34.7 Å². The van der Waals surface area contributed by atoms with Gasteiger partial charge >= 0.3 is 6.43 Å². The van der Waals surface area contributed by atoms with E-state index in [1.54, 1.807) is 16.8 Å². The van der Waals surface area contributed by atoms with Crippen molar-refractivity contribution in [3.8, 4) is 22.7 Å². The number of halogens is 2. The maximum Gasteiger partial charge on any atom is 0.314 e. The van der Waals surface area contributed by atoms with Crippen molar-refractivity contribution in [3.63, 3.8) is 0 Å². The second-order valence-electron chi connectivity index (χ2n) is 6.79. The largest absolute Gasteiger partial charge is 0.415 e. The summed E-state index contributed by atoms with van der Waals surface area (Å²) >= 11 is 0. The molecule has 0 N–H and O–H groups in total. The van der Waals surface area contributed by atoms with Crippen molar-refractivity contribution in [2.45, 2.75) is 13.0 Å². The molecule has 0 amide bonds. The summed E-state index contributed by atoms with van der Waals surface area (Å²) in [6, 6.07) is 11.6. The highest BCUT2D eigenvalue weighted by Crippen LogP contribution is 2.24. The molecule has 0 aliphatic rings. The number of fused-ring (bicyclic) bond motifs is 1. The lowest BCUT2D eigenvalue weighted by Gasteiger charge is -2.01. The van der Waals surface area contributed by atoms with Crippen LogP contribution in [-0.4, -0.2) is 34.7 Å². The molecule has 8 nitrogen and oxygen atoms in total. The molecule has 0 saturated heterocycles. The summed E-state index contributed by atoms with van der Waals surface area (Å²) in [5, 5.41) is 16.5. The predicted octanol–water partition coefficient (Wildman–Crippen LogP) is 3.87. The number of rotatable bonds is 5. The number of nitrogens with zero attached hydrogens (tertiary/aromatic N) is 7. The highest BCUT2D eigenvalue weighted by molar-refractivity contribution is 5.84. The van der Waals surface area contributed by atoms with Crippen LogP contribution in [0.25, 0.3) is 33.6 Å². The van der Waals surface area contributed by atoms with Gasteiger partial charge in [-0.2, -0.15) is 8.78 Å². The van der Waals surface area contributed by atoms with Gasteiger partial charge in [-0.05, 0) is 29.7 Å². The first-order valence-electron chi connectivity index (χ1n) is 9.09. The summed E-state index contributed by atoms with van der Waals surface area (Å²) in [6.45, 7) is 0.409. The zero-order valence-electron chi connectivity index (χ0n) is 15.8. The van der Waals surface area contributed by atoms with Crippen LogP contribution in [-0.2, 0) is 13.6 Å². The van der Waals surface area contributed by atoms with E-state index in [0.717, 1.165) is 22.5 Å². The average Bonchev–Trinajstić information content (AvgIpc) is 3.49. The summed E-state index contributed by atoms with van der Waals surface area (Å²) in [5.74, 6) is -0.707. The highest BCUT2D eigenvalue weighted by atomic mass is 19.3. The molecule has 0 fully saturated rings. The molecular weight excluding hydrogens is 392 g/mol. The van der Waals surface area contributed by atoms with Crippen LogP contribution in [0.2, 0.25) is 0 Å². The van der Waals surface area contributed by atoms with Crippen LogP contribution < -0.4 is 0 Å². The van der Waals surface area contributed by atoms with E-state index in [-0.39, 0.29) is 5.89 Å². The molecule has 0 saturated carbocycles. The molecule has 5 aromatic rings. The lowest BCUT2D eigenvalue weighted by Crippen LogP contribution is -2.02. The Labute approximate surface area is 168 Å². The molecule has 0 spiro atoms. The number of hydrogen-bond donors (Lipinski definition) is 0. The van der Waals surface area contributed by atoms with Gasteiger partial charge in [-0.25, -0.2) is 4.68 Å². The number of alkyl halides is 2. The van der Waals surface area contributed by atoms with Crippen molar-refractivity contribution in [2.24, 2.45) is 7.05 Å². The molecule has 150 valence electrons. The van der Waals surface area contributed by atoms with Crippen molar-refractivity contribution in [2.75, 3.05) is 0 Å². The van der Waals surface area contributed by atoms with Gasteiger partial charge in [-0.1, -0.05) is 17.3 Å². The minimum Gasteiger partial charge on any atom is -0.415 e. The van der Waals surface area contributed by atoms with Gasteiger partial charge in [0.1, 0.15) is 5.69 Å². The smallest absolute Gasteiger partial charge is 0.314 e. The zero-order valence-corrected chi connectivity index (χ0v) is 15.8. The Balaban J connectivity index is 1.33. The minimum absolute atomic E-state index is 0.00320. The molecular formula is C20H15F2N7O. The summed E-state index contributed by atoms with van der Waals surface area (Å²) in [4.78, 5) is 4.32. The van der Waals surface area contributed by atoms with E-state index >= 15 is 0 Å². The summed E-state index contributed by atoms with van der Waals surface area (Å²) < 4.78 is 33.8. The fourth-order valence-electron chi connectivity index (χ4n) is 3.18. The third kappa shape index (κ3) is 3.32. The summed E-state index contributed by atoms with van der Waals surface area (Å²) in [6.07, 6.45) is 2.57. The maximum atomic E-state index is 12.6. The lowest BCUT2D eigenvalue weighted by atomic mass is 10.1. The summed E-state index contributed by atoms with van der Waals surface area (Å²) in [7, 11) is 2.00. The minimum atomic E-state index is -2.80. The van der Waals surface area contributed by atoms with Gasteiger partial charge in [0.15, 0.2) is 0 Å². The Kier molecular flexibility index (Phi) is 4.31. The third-order valence-corrected chi connectivity index (χ3v) is 4.75. The Morgan fingerprint density at radius 3 is 2.67 bits per heavy atom. The molecule has 4 aromatic heterocycles. The monoisotopic (exact) mass is 407 g/mol. The van der Waals surface area contributed by atoms with E-state index in [1.165, 1.54) is 11.6 Å². The van der Waals surface area contributed by atoms with Crippen LogP contribution in [0.5, 0.6) is 0 Å². The molecule has 1 aromatic carbocycles. The normalized spacial score (nSPS) is 11.6. The molecule has 0 aliphatic heterocycles. The van der Waals surface area contributed by atoms with Crippen LogP contribution in [0.4, 0.5) is 8.78 Å². The van der Waals surface area contributed by atoms with Gasteiger partial charge in [0.05, 0.1) is 24.0 Å². The van der Waals surface area contributed by atoms with Gasteiger partial charge in [0.25, 0.3) is 5.89 Å². The molecule has 0 aliphatic carbocycles. The van der Waals surface area contributed by atoms with Gasteiger partial charge < -0.3 is 8.98 Å². The molecule has 0 bridgehead atoms. The highest BCUT2D eigenvalue weighted by Gasteiger charge is 2.17. The first-order chi connectivity index (χ1) is 14.6. The Hall–Kier alpha value is -3.95. The number of benzene rings is 1. The van der Waals surface area contributed by atoms with Crippen molar-refractivity contribution < 1.29 is 13.2 Å². The van der Waals surface area contributed by atoms with Crippen LogP contribution >= 0.6 is 0 Å². The summed E-state index contributed by atoms with van der Waals surface area (Å²) in [5.41, 5.74) is 4.05. The maximum absolute atomic E-state index is 12.6. The third-order valence-electron chi connectivity index (χ3n) is 4.75. The molecule has 10 heteroatoms. The first-order valence-corrected chi connectivity index (χ1v) is 9.09. The second kappa shape index (κ2) is 7.14. The SMILES string of the molecule is Cn1ccc2ccc(-c3cn(Cc4ccc(-c5nnc(C(F)F)o5)cn4)nn3)cc21. The Morgan fingerprint density at radius 1 is 1.03 bits per heavy atom. The van der Waals surface area contributed by atoms with Gasteiger partial charge in [-0.3, -0.25) is 4.98 Å². The van der Waals surface area contributed by atoms with Crippen molar-refractivity contribution in [1.29, 1.82) is 0 Å². The van der Waals surface area contributed by atoms with Gasteiger partial charge in [0.2, 0.25) is 5.89 Å². The number of aryl methyl sites for hydroxylation is 1. The number of pyridine rings is 1. The molecule has 0 unspecified atom stereocenters. The van der Waals surface area contributed by atoms with Crippen LogP contribution in [0.3, 0.4) is 0 Å². The van der Waals surface area contributed by atoms with E-state index in [4.69, 9.17) is 4.42 Å². The van der Waals surface area contributed by atoms with Crippen LogP contribution in [0, 0.1) is 0 Å². The fraction of sp³-hybridized carbons (Fsp3) is 0.150. The van der Waals surface area contributed by atoms with Gasteiger partial charge in [0, 0.05) is 30.5 Å². The molecule has 4 heterocycles. The van der Waals surface area contributed by atoms with Crippen LogP contribution in [0.15, 0.2) is 59.4 Å². The van der Waals surface area contributed by atoms with E-state index in [2.05, 4.69) is 48.3 Å². The standard InChI is InChI=1S/C20H15F2N7O/c1-28-7-6-12-2-3-13(8-17(12)28)16-11-29(27-24-16)10-15-5-4-14(9-23-15)19-25-26-20(30-19)18(21)22/h2-9,11,18H,10H2,1H3. The second-order valence-corrected chi connectivity index (χ2v) is 6.79. The number of hydrogen-bond acceptors (Lipinski definition) is 6. The van der Waals surface area contributed by atoms with Gasteiger partial charge in [-0.15, -0.1) is 15.3 Å². The fourth-order valence-corrected chi connectivity index (χ4v) is 3.18. The quantitative estimate of drug-likeness (QED) is 0.440. The Bertz CT molecular complexity index is 1320. The molecule has 5 rings (SSSR count). The van der Waals surface area contributed by atoms with E-state index in [1.807, 2.05) is 25.5 Å². The van der Waals surface area contributed by atoms with Crippen molar-refractivity contribution in [3.05, 3.63) is 66.6 Å². The van der Waals surface area contributed by atoms with E-state index in [0.29, 0.717) is 12.1 Å². The average molecular weight is 407 g/mol. The van der Waals surface area contributed by atoms with Crippen molar-refractivity contribution >= 4 is 10.9 Å². The molecule has 0 radical (unpaired) electrons. The predicted molar refractivity (Wildman–Crippen MR) is 104 cm³/mol. The van der Waals surface area contributed by atoms with Crippen LogP contribution in [0.1, 0.15) is 18.0 Å². The first kappa shape index (κ1) is 18.1.